The lowest BCUT2D eigenvalue weighted by atomic mass is 10.1. The van der Waals surface area contributed by atoms with Gasteiger partial charge in [0, 0.05) is 26.1 Å². The van der Waals surface area contributed by atoms with Crippen LogP contribution in [0.25, 0.3) is 0 Å². The van der Waals surface area contributed by atoms with E-state index in [1.54, 1.807) is 12.2 Å². The number of ether oxygens (including phenoxy) is 2. The van der Waals surface area contributed by atoms with E-state index in [0.29, 0.717) is 24.0 Å². The maximum atomic E-state index is 6.02. The zero-order valence-corrected chi connectivity index (χ0v) is 11.6. The number of anilines is 3. The molecule has 1 fully saturated rings. The zero-order valence-electron chi connectivity index (χ0n) is 11.6. The molecule has 1 aliphatic heterocycles. The van der Waals surface area contributed by atoms with Crippen molar-refractivity contribution in [2.75, 3.05) is 57.1 Å². The summed E-state index contributed by atoms with van der Waals surface area (Å²) in [6.07, 6.45) is 0. The molecule has 0 aliphatic carbocycles. The monoisotopic (exact) mass is 267 g/mol. The molecule has 0 bridgehead atoms. The van der Waals surface area contributed by atoms with Crippen LogP contribution in [0.2, 0.25) is 0 Å². The fourth-order valence-corrected chi connectivity index (χ4v) is 1.86. The van der Waals surface area contributed by atoms with Crippen molar-refractivity contribution in [2.45, 2.75) is 0 Å². The molecule has 1 aromatic carbocycles. The van der Waals surface area contributed by atoms with E-state index < -0.39 is 0 Å². The molecule has 1 aromatic rings. The van der Waals surface area contributed by atoms with Gasteiger partial charge in [0.1, 0.15) is 5.75 Å². The Morgan fingerprint density at radius 2 is 2.21 bits per heavy atom. The molecule has 0 spiro atoms. The van der Waals surface area contributed by atoms with Gasteiger partial charge in [-0.1, -0.05) is 0 Å². The van der Waals surface area contributed by atoms with Crippen molar-refractivity contribution in [3.8, 4) is 5.75 Å². The highest BCUT2D eigenvalue weighted by Gasteiger charge is 2.20. The summed E-state index contributed by atoms with van der Waals surface area (Å²) in [5.41, 5.74) is 8.38. The normalized spacial score (nSPS) is 14.9. The van der Waals surface area contributed by atoms with Crippen molar-refractivity contribution >= 4 is 17.1 Å². The van der Waals surface area contributed by atoms with Crippen molar-refractivity contribution in [3.05, 3.63) is 12.1 Å². The molecule has 0 saturated carbocycles. The van der Waals surface area contributed by atoms with Crippen LogP contribution in [0.1, 0.15) is 0 Å². The number of hydrogen-bond donors (Lipinski definition) is 2. The number of nitrogens with zero attached hydrogens (tertiary/aromatic N) is 1. The third-order valence-electron chi connectivity index (χ3n) is 3.19. The summed E-state index contributed by atoms with van der Waals surface area (Å²) in [7, 11) is 5.28. The standard InChI is InChI=1S/C13H21N3O3/c1-15-11-5-13(19-8-9-6-18-7-9)10(14)4-12(11)16(2)17-3/h4-5,9,15H,6-8,14H2,1-3H3. The van der Waals surface area contributed by atoms with Crippen LogP contribution in [-0.4, -0.2) is 41.0 Å². The van der Waals surface area contributed by atoms with E-state index >= 15 is 0 Å². The number of rotatable bonds is 6. The lowest BCUT2D eigenvalue weighted by Gasteiger charge is -2.26. The van der Waals surface area contributed by atoms with Crippen LogP contribution < -0.4 is 20.9 Å². The van der Waals surface area contributed by atoms with Crippen molar-refractivity contribution < 1.29 is 14.3 Å². The van der Waals surface area contributed by atoms with Gasteiger partial charge in [-0.15, -0.1) is 0 Å². The highest BCUT2D eigenvalue weighted by molar-refractivity contribution is 5.77. The third-order valence-corrected chi connectivity index (χ3v) is 3.19. The summed E-state index contributed by atoms with van der Waals surface area (Å²) in [5, 5.41) is 4.76. The van der Waals surface area contributed by atoms with Crippen LogP contribution in [0.3, 0.4) is 0 Å². The van der Waals surface area contributed by atoms with Crippen LogP contribution in [0.15, 0.2) is 12.1 Å². The second-order valence-corrected chi connectivity index (χ2v) is 4.55. The van der Waals surface area contributed by atoms with E-state index in [1.807, 2.05) is 26.2 Å². The van der Waals surface area contributed by atoms with Gasteiger partial charge in [-0.3, -0.25) is 9.90 Å². The molecule has 0 radical (unpaired) electrons. The first kappa shape index (κ1) is 13.8. The summed E-state index contributed by atoms with van der Waals surface area (Å²) in [6, 6.07) is 3.72. The largest absolute Gasteiger partial charge is 0.491 e. The van der Waals surface area contributed by atoms with Crippen molar-refractivity contribution in [1.82, 2.24) is 0 Å². The fourth-order valence-electron chi connectivity index (χ4n) is 1.86. The highest BCUT2D eigenvalue weighted by atomic mass is 16.7. The van der Waals surface area contributed by atoms with E-state index in [-0.39, 0.29) is 0 Å². The molecule has 0 aromatic heterocycles. The third kappa shape index (κ3) is 3.02. The Balaban J connectivity index is 2.14. The molecule has 1 saturated heterocycles. The molecule has 2 rings (SSSR count). The summed E-state index contributed by atoms with van der Waals surface area (Å²) in [4.78, 5) is 5.18. The number of nitrogen functional groups attached to an aromatic ring is 1. The van der Waals surface area contributed by atoms with Gasteiger partial charge < -0.3 is 20.5 Å². The van der Waals surface area contributed by atoms with E-state index in [9.17, 15) is 0 Å². The van der Waals surface area contributed by atoms with Crippen molar-refractivity contribution in [1.29, 1.82) is 0 Å². The average molecular weight is 267 g/mol. The Bertz CT molecular complexity index is 435. The number of benzene rings is 1. The van der Waals surface area contributed by atoms with Crippen LogP contribution in [0, 0.1) is 5.92 Å². The van der Waals surface area contributed by atoms with Gasteiger partial charge >= 0.3 is 0 Å². The summed E-state index contributed by atoms with van der Waals surface area (Å²) in [5.74, 6) is 1.16. The summed E-state index contributed by atoms with van der Waals surface area (Å²) in [6.45, 7) is 2.17. The van der Waals surface area contributed by atoms with Gasteiger partial charge in [0.05, 0.1) is 44.0 Å². The minimum atomic E-state index is 0.471. The first-order chi connectivity index (χ1) is 9.15. The Labute approximate surface area is 113 Å². The van der Waals surface area contributed by atoms with Crippen LogP contribution in [0.4, 0.5) is 17.1 Å². The first-order valence-corrected chi connectivity index (χ1v) is 6.25. The van der Waals surface area contributed by atoms with Crippen molar-refractivity contribution in [2.24, 2.45) is 5.92 Å². The first-order valence-electron chi connectivity index (χ1n) is 6.25. The molecule has 6 heteroatoms. The topological polar surface area (TPSA) is 69.0 Å². The van der Waals surface area contributed by atoms with Gasteiger partial charge in [0.2, 0.25) is 0 Å². The SMILES string of the molecule is CNc1cc(OCC2COC2)c(N)cc1N(C)OC. The molecule has 1 heterocycles. The van der Waals surface area contributed by atoms with Gasteiger partial charge in [0.15, 0.2) is 0 Å². The Hall–Kier alpha value is -1.66. The lowest BCUT2D eigenvalue weighted by Crippen LogP contribution is -2.32. The second kappa shape index (κ2) is 5.99. The zero-order chi connectivity index (χ0) is 13.8. The second-order valence-electron chi connectivity index (χ2n) is 4.55. The molecular weight excluding hydrogens is 246 g/mol. The summed E-state index contributed by atoms with van der Waals surface area (Å²) >= 11 is 0. The molecule has 0 atom stereocenters. The van der Waals surface area contributed by atoms with Crippen LogP contribution in [-0.2, 0) is 9.57 Å². The number of hydroxylamine groups is 1. The van der Waals surface area contributed by atoms with E-state index in [1.165, 1.54) is 0 Å². The lowest BCUT2D eigenvalue weighted by molar-refractivity contribution is -0.0507. The summed E-state index contributed by atoms with van der Waals surface area (Å²) < 4.78 is 10.9. The minimum Gasteiger partial charge on any atom is -0.491 e. The fraction of sp³-hybridized carbons (Fsp3) is 0.538. The maximum Gasteiger partial charge on any atom is 0.144 e. The highest BCUT2D eigenvalue weighted by Crippen LogP contribution is 2.35. The molecule has 0 amide bonds. The van der Waals surface area contributed by atoms with E-state index in [0.717, 1.165) is 24.6 Å². The molecular formula is C13H21N3O3. The van der Waals surface area contributed by atoms with Gasteiger partial charge in [-0.05, 0) is 6.07 Å². The Kier molecular flexibility index (Phi) is 4.34. The van der Waals surface area contributed by atoms with Gasteiger partial charge in [0.25, 0.3) is 0 Å². The molecule has 6 nitrogen and oxygen atoms in total. The molecule has 0 unspecified atom stereocenters. The quantitative estimate of drug-likeness (QED) is 0.598. The maximum absolute atomic E-state index is 6.02. The number of nitrogens with two attached hydrogens (primary N) is 1. The van der Waals surface area contributed by atoms with Crippen LogP contribution in [0.5, 0.6) is 5.75 Å². The molecule has 19 heavy (non-hydrogen) atoms. The van der Waals surface area contributed by atoms with Crippen molar-refractivity contribution in [3.63, 3.8) is 0 Å². The number of nitrogens with one attached hydrogen (secondary N) is 1. The van der Waals surface area contributed by atoms with Gasteiger partial charge in [-0.25, -0.2) is 0 Å². The predicted octanol–water partition coefficient (Wildman–Crippen LogP) is 1.33. The van der Waals surface area contributed by atoms with E-state index in [4.69, 9.17) is 20.0 Å². The van der Waals surface area contributed by atoms with Gasteiger partial charge in [-0.2, -0.15) is 0 Å². The number of hydrogen-bond acceptors (Lipinski definition) is 6. The van der Waals surface area contributed by atoms with E-state index in [2.05, 4.69) is 5.32 Å². The van der Waals surface area contributed by atoms with Crippen LogP contribution >= 0.6 is 0 Å². The predicted molar refractivity (Wildman–Crippen MR) is 75.6 cm³/mol. The molecule has 3 N–H and O–H groups in total. The average Bonchev–Trinajstić information content (AvgIpc) is 2.37. The Morgan fingerprint density at radius 1 is 1.47 bits per heavy atom. The molecule has 1 aliphatic rings. The Morgan fingerprint density at radius 3 is 2.74 bits per heavy atom. The minimum absolute atomic E-state index is 0.471. The smallest absolute Gasteiger partial charge is 0.144 e. The molecule has 106 valence electrons.